The van der Waals surface area contributed by atoms with Crippen LogP contribution in [0.5, 0.6) is 0 Å². The average molecular weight is 193 g/mol. The first-order valence-electron chi connectivity index (χ1n) is 4.99. The van der Waals surface area contributed by atoms with Crippen LogP contribution >= 0.6 is 0 Å². The minimum absolute atomic E-state index is 0.139. The lowest BCUT2D eigenvalue weighted by atomic mass is 9.81. The average Bonchev–Trinajstić information content (AvgIpc) is 2.41. The molecule has 2 N–H and O–H groups in total. The molecule has 0 aliphatic heterocycles. The number of rotatable bonds is 3. The van der Waals surface area contributed by atoms with E-state index in [1.807, 2.05) is 0 Å². The lowest BCUT2D eigenvalue weighted by Crippen LogP contribution is -2.16. The number of nitrogens with two attached hydrogens (primary N) is 1. The Morgan fingerprint density at radius 1 is 1.71 bits per heavy atom. The Bertz CT molecular complexity index is 352. The van der Waals surface area contributed by atoms with Crippen LogP contribution in [0.15, 0.2) is 6.20 Å². The van der Waals surface area contributed by atoms with Crippen LogP contribution in [0.25, 0.3) is 0 Å². The minimum atomic E-state index is 0.139. The van der Waals surface area contributed by atoms with Gasteiger partial charge in [-0.1, -0.05) is 19.3 Å². The molecule has 1 aliphatic carbocycles. The zero-order chi connectivity index (χ0) is 10.1. The summed E-state index contributed by atoms with van der Waals surface area (Å²) >= 11 is 0. The highest BCUT2D eigenvalue weighted by molar-refractivity contribution is 6.00. The number of aryl methyl sites for hydroxylation is 1. The van der Waals surface area contributed by atoms with Gasteiger partial charge in [0, 0.05) is 13.5 Å². The van der Waals surface area contributed by atoms with Gasteiger partial charge in [-0.2, -0.15) is 5.10 Å². The van der Waals surface area contributed by atoms with E-state index >= 15 is 0 Å². The zero-order valence-corrected chi connectivity index (χ0v) is 8.36. The summed E-state index contributed by atoms with van der Waals surface area (Å²) in [6.07, 6.45) is 5.84. The van der Waals surface area contributed by atoms with Crippen LogP contribution in [0, 0.1) is 5.92 Å². The molecule has 1 aliphatic rings. The van der Waals surface area contributed by atoms with Crippen molar-refractivity contribution in [1.82, 2.24) is 9.78 Å². The third-order valence-corrected chi connectivity index (χ3v) is 2.98. The van der Waals surface area contributed by atoms with Gasteiger partial charge in [-0.15, -0.1) is 0 Å². The second-order valence-corrected chi connectivity index (χ2v) is 3.99. The van der Waals surface area contributed by atoms with Crippen molar-refractivity contribution in [3.8, 4) is 0 Å². The molecule has 0 spiro atoms. The first-order chi connectivity index (χ1) is 6.68. The molecule has 76 valence electrons. The monoisotopic (exact) mass is 193 g/mol. The van der Waals surface area contributed by atoms with E-state index in [-0.39, 0.29) is 5.78 Å². The molecule has 0 atom stereocenters. The highest BCUT2D eigenvalue weighted by atomic mass is 16.1. The Balaban J connectivity index is 2.06. The third kappa shape index (κ3) is 1.52. The largest absolute Gasteiger partial charge is 0.383 e. The Labute approximate surface area is 83.1 Å². The molecule has 1 aromatic rings. The third-order valence-electron chi connectivity index (χ3n) is 2.98. The molecule has 1 aromatic heterocycles. The number of aromatic nitrogens is 2. The number of carbonyl (C=O) groups excluding carboxylic acids is 1. The summed E-state index contributed by atoms with van der Waals surface area (Å²) in [5.74, 6) is 1.21. The summed E-state index contributed by atoms with van der Waals surface area (Å²) < 4.78 is 1.54. The maximum atomic E-state index is 11.7. The maximum Gasteiger partial charge on any atom is 0.168 e. The fourth-order valence-corrected chi connectivity index (χ4v) is 1.73. The zero-order valence-electron chi connectivity index (χ0n) is 8.36. The van der Waals surface area contributed by atoms with E-state index in [2.05, 4.69) is 5.10 Å². The molecule has 1 heterocycles. The Morgan fingerprint density at radius 2 is 2.43 bits per heavy atom. The Hall–Kier alpha value is -1.32. The van der Waals surface area contributed by atoms with Crippen LogP contribution in [0.1, 0.15) is 36.0 Å². The number of nitrogen functional groups attached to an aromatic ring is 1. The van der Waals surface area contributed by atoms with Crippen molar-refractivity contribution in [2.24, 2.45) is 13.0 Å². The summed E-state index contributed by atoms with van der Waals surface area (Å²) in [5.41, 5.74) is 6.30. The van der Waals surface area contributed by atoms with Gasteiger partial charge in [0.25, 0.3) is 0 Å². The molecule has 4 nitrogen and oxygen atoms in total. The molecular weight excluding hydrogens is 178 g/mol. The molecule has 0 saturated heterocycles. The van der Waals surface area contributed by atoms with Gasteiger partial charge in [0.2, 0.25) is 0 Å². The van der Waals surface area contributed by atoms with E-state index in [1.165, 1.54) is 23.9 Å². The van der Waals surface area contributed by atoms with Gasteiger partial charge in [-0.05, 0) is 5.92 Å². The van der Waals surface area contributed by atoms with E-state index in [4.69, 9.17) is 5.73 Å². The van der Waals surface area contributed by atoms with Crippen LogP contribution in [-0.2, 0) is 7.05 Å². The molecule has 0 radical (unpaired) electrons. The van der Waals surface area contributed by atoms with Crippen LogP contribution in [0.3, 0.4) is 0 Å². The predicted molar refractivity (Wildman–Crippen MR) is 53.9 cm³/mol. The molecule has 2 rings (SSSR count). The number of nitrogens with zero attached hydrogens (tertiary/aromatic N) is 2. The number of ketones is 1. The second kappa shape index (κ2) is 3.44. The SMILES string of the molecule is Cn1ncc(C(=O)CC2CCC2)c1N. The lowest BCUT2D eigenvalue weighted by Gasteiger charge is -2.24. The van der Waals surface area contributed by atoms with Crippen LogP contribution in [-0.4, -0.2) is 15.6 Å². The molecular formula is C10H15N3O. The Kier molecular flexibility index (Phi) is 2.27. The van der Waals surface area contributed by atoms with Gasteiger partial charge in [-0.3, -0.25) is 9.48 Å². The van der Waals surface area contributed by atoms with Crippen LogP contribution in [0.4, 0.5) is 5.82 Å². The van der Waals surface area contributed by atoms with Crippen molar-refractivity contribution in [2.45, 2.75) is 25.7 Å². The van der Waals surface area contributed by atoms with Crippen molar-refractivity contribution < 1.29 is 4.79 Å². The lowest BCUT2D eigenvalue weighted by molar-refractivity contribution is 0.0937. The number of anilines is 1. The van der Waals surface area contributed by atoms with Gasteiger partial charge in [0.05, 0.1) is 11.8 Å². The molecule has 1 saturated carbocycles. The summed E-state index contributed by atoms with van der Waals surface area (Å²) in [7, 11) is 1.75. The molecule has 0 unspecified atom stereocenters. The highest BCUT2D eigenvalue weighted by Gasteiger charge is 2.23. The standard InChI is InChI=1S/C10H15N3O/c1-13-10(11)8(6-12-13)9(14)5-7-3-2-4-7/h6-7H,2-5,11H2,1H3. The topological polar surface area (TPSA) is 60.9 Å². The van der Waals surface area contributed by atoms with E-state index in [1.54, 1.807) is 13.2 Å². The number of Topliss-reactive ketones (excluding diaryl/α,β-unsaturated/α-hetero) is 1. The van der Waals surface area contributed by atoms with E-state index in [0.717, 1.165) is 0 Å². The summed E-state index contributed by atoms with van der Waals surface area (Å²) in [6, 6.07) is 0. The number of carbonyl (C=O) groups is 1. The normalized spacial score (nSPS) is 16.6. The molecule has 0 amide bonds. The molecule has 0 aromatic carbocycles. The first-order valence-corrected chi connectivity index (χ1v) is 4.99. The van der Waals surface area contributed by atoms with Gasteiger partial charge in [-0.25, -0.2) is 0 Å². The summed E-state index contributed by atoms with van der Waals surface area (Å²) in [6.45, 7) is 0. The van der Waals surface area contributed by atoms with Crippen LogP contribution < -0.4 is 5.73 Å². The van der Waals surface area contributed by atoms with Crippen molar-refractivity contribution in [2.75, 3.05) is 5.73 Å². The fourth-order valence-electron chi connectivity index (χ4n) is 1.73. The smallest absolute Gasteiger partial charge is 0.168 e. The summed E-state index contributed by atoms with van der Waals surface area (Å²) in [5, 5.41) is 3.96. The highest BCUT2D eigenvalue weighted by Crippen LogP contribution is 2.31. The van der Waals surface area contributed by atoms with E-state index in [0.29, 0.717) is 23.7 Å². The fraction of sp³-hybridized carbons (Fsp3) is 0.600. The van der Waals surface area contributed by atoms with Gasteiger partial charge in [0.1, 0.15) is 5.82 Å². The Morgan fingerprint density at radius 3 is 2.86 bits per heavy atom. The molecule has 4 heteroatoms. The first kappa shape index (κ1) is 9.24. The molecule has 0 bridgehead atoms. The maximum absolute atomic E-state index is 11.7. The van der Waals surface area contributed by atoms with Crippen molar-refractivity contribution >= 4 is 11.6 Å². The molecule has 1 fully saturated rings. The predicted octanol–water partition coefficient (Wildman–Crippen LogP) is 1.38. The minimum Gasteiger partial charge on any atom is -0.383 e. The summed E-state index contributed by atoms with van der Waals surface area (Å²) in [4.78, 5) is 11.7. The van der Waals surface area contributed by atoms with Crippen molar-refractivity contribution in [1.29, 1.82) is 0 Å². The van der Waals surface area contributed by atoms with E-state index < -0.39 is 0 Å². The number of hydrogen-bond donors (Lipinski definition) is 1. The molecule has 14 heavy (non-hydrogen) atoms. The van der Waals surface area contributed by atoms with Gasteiger partial charge >= 0.3 is 0 Å². The van der Waals surface area contributed by atoms with Crippen molar-refractivity contribution in [3.05, 3.63) is 11.8 Å². The second-order valence-electron chi connectivity index (χ2n) is 3.99. The number of hydrogen-bond acceptors (Lipinski definition) is 3. The van der Waals surface area contributed by atoms with E-state index in [9.17, 15) is 4.79 Å². The quantitative estimate of drug-likeness (QED) is 0.737. The van der Waals surface area contributed by atoms with Gasteiger partial charge < -0.3 is 5.73 Å². The van der Waals surface area contributed by atoms with Crippen molar-refractivity contribution in [3.63, 3.8) is 0 Å². The van der Waals surface area contributed by atoms with Crippen LogP contribution in [0.2, 0.25) is 0 Å². The van der Waals surface area contributed by atoms with Gasteiger partial charge in [0.15, 0.2) is 5.78 Å².